The van der Waals surface area contributed by atoms with Crippen molar-refractivity contribution in [2.24, 2.45) is 0 Å². The molecule has 0 aromatic heterocycles. The number of rotatable bonds is 4. The van der Waals surface area contributed by atoms with E-state index in [4.69, 9.17) is 0 Å². The summed E-state index contributed by atoms with van der Waals surface area (Å²) in [7, 11) is 0. The van der Waals surface area contributed by atoms with Gasteiger partial charge in [-0.2, -0.15) is 0 Å². The van der Waals surface area contributed by atoms with Crippen LogP contribution >= 0.6 is 0 Å². The van der Waals surface area contributed by atoms with Crippen LogP contribution in [0.1, 0.15) is 19.8 Å². The summed E-state index contributed by atoms with van der Waals surface area (Å²) < 4.78 is 0. The van der Waals surface area contributed by atoms with Crippen LogP contribution in [0.15, 0.2) is 24.3 Å². The summed E-state index contributed by atoms with van der Waals surface area (Å²) in [4.78, 5) is 29.6. The molecule has 2 amide bonds. The topological polar surface area (TPSA) is 55.9 Å². The highest BCUT2D eigenvalue weighted by atomic mass is 16.2. The maximum atomic E-state index is 12.3. The molecule has 0 spiro atoms. The van der Waals surface area contributed by atoms with Gasteiger partial charge in [0.2, 0.25) is 11.8 Å². The average molecular weight is 330 g/mol. The zero-order chi connectivity index (χ0) is 16.9. The summed E-state index contributed by atoms with van der Waals surface area (Å²) in [5.41, 5.74) is 2.22. The molecule has 1 aromatic carbocycles. The molecule has 130 valence electrons. The quantitative estimate of drug-likeness (QED) is 0.906. The summed E-state index contributed by atoms with van der Waals surface area (Å²) >= 11 is 0. The summed E-state index contributed by atoms with van der Waals surface area (Å²) in [6.45, 7) is 6.64. The second kappa shape index (κ2) is 7.55. The predicted octanol–water partition coefficient (Wildman–Crippen LogP) is 1.39. The number of benzene rings is 1. The fourth-order valence-electron chi connectivity index (χ4n) is 3.33. The van der Waals surface area contributed by atoms with Crippen molar-refractivity contribution in [3.63, 3.8) is 0 Å². The highest BCUT2D eigenvalue weighted by molar-refractivity contribution is 5.81. The van der Waals surface area contributed by atoms with Gasteiger partial charge in [0.25, 0.3) is 0 Å². The molecule has 3 rings (SSSR count). The van der Waals surface area contributed by atoms with Crippen LogP contribution in [0.2, 0.25) is 0 Å². The van der Waals surface area contributed by atoms with Gasteiger partial charge < -0.3 is 20.0 Å². The summed E-state index contributed by atoms with van der Waals surface area (Å²) in [6.07, 6.45) is 2.54. The van der Waals surface area contributed by atoms with Gasteiger partial charge in [-0.1, -0.05) is 0 Å². The highest BCUT2D eigenvalue weighted by Gasteiger charge is 2.22. The summed E-state index contributed by atoms with van der Waals surface area (Å²) in [5, 5.41) is 3.20. The Labute approximate surface area is 143 Å². The van der Waals surface area contributed by atoms with Gasteiger partial charge in [0.15, 0.2) is 0 Å². The minimum absolute atomic E-state index is 0.0818. The molecule has 0 aliphatic carbocycles. The lowest BCUT2D eigenvalue weighted by molar-refractivity contribution is -0.137. The maximum Gasteiger partial charge on any atom is 0.241 e. The molecule has 1 aromatic rings. The van der Waals surface area contributed by atoms with E-state index >= 15 is 0 Å². The molecule has 24 heavy (non-hydrogen) atoms. The number of piperazine rings is 1. The van der Waals surface area contributed by atoms with E-state index in [2.05, 4.69) is 22.3 Å². The van der Waals surface area contributed by atoms with Gasteiger partial charge >= 0.3 is 0 Å². The minimum atomic E-state index is 0.0818. The lowest BCUT2D eigenvalue weighted by atomic mass is 10.2. The molecule has 2 aliphatic rings. The van der Waals surface area contributed by atoms with Crippen LogP contribution in [0.25, 0.3) is 0 Å². The van der Waals surface area contributed by atoms with Crippen LogP contribution < -0.4 is 10.2 Å². The lowest BCUT2D eigenvalue weighted by Crippen LogP contribution is -2.51. The molecule has 0 unspecified atom stereocenters. The first-order valence-electron chi connectivity index (χ1n) is 8.75. The van der Waals surface area contributed by atoms with Gasteiger partial charge in [0.05, 0.1) is 6.54 Å². The lowest BCUT2D eigenvalue weighted by Gasteiger charge is -2.34. The summed E-state index contributed by atoms with van der Waals surface area (Å²) in [5.74, 6) is 0.167. The van der Waals surface area contributed by atoms with Crippen LogP contribution in [0.5, 0.6) is 0 Å². The van der Waals surface area contributed by atoms with Gasteiger partial charge in [-0.15, -0.1) is 0 Å². The first-order valence-corrected chi connectivity index (χ1v) is 8.75. The zero-order valence-electron chi connectivity index (χ0n) is 14.3. The van der Waals surface area contributed by atoms with Crippen molar-refractivity contribution >= 4 is 23.2 Å². The molecule has 2 saturated heterocycles. The molecule has 2 fully saturated rings. The third-order valence-corrected chi connectivity index (χ3v) is 4.86. The number of amides is 2. The first-order chi connectivity index (χ1) is 11.6. The highest BCUT2D eigenvalue weighted by Crippen LogP contribution is 2.21. The van der Waals surface area contributed by atoms with E-state index in [1.165, 1.54) is 18.5 Å². The van der Waals surface area contributed by atoms with E-state index in [-0.39, 0.29) is 11.8 Å². The molecule has 0 saturated carbocycles. The number of hydrogen-bond donors (Lipinski definition) is 1. The molecule has 6 heteroatoms. The SMILES string of the molecule is CC(=O)N1CCN(C(=O)CNc2ccc(N3CCCC3)cc2)CC1. The molecular formula is C18H26N4O2. The van der Waals surface area contributed by atoms with Crippen molar-refractivity contribution in [1.82, 2.24) is 9.80 Å². The van der Waals surface area contributed by atoms with Gasteiger partial charge in [0, 0.05) is 57.6 Å². The average Bonchev–Trinajstić information content (AvgIpc) is 3.15. The number of nitrogens with one attached hydrogen (secondary N) is 1. The smallest absolute Gasteiger partial charge is 0.241 e. The number of carbonyl (C=O) groups is 2. The molecule has 0 bridgehead atoms. The van der Waals surface area contributed by atoms with Gasteiger partial charge in [0.1, 0.15) is 0 Å². The molecule has 0 radical (unpaired) electrons. The van der Waals surface area contributed by atoms with Crippen molar-refractivity contribution in [3.05, 3.63) is 24.3 Å². The normalized spacial score (nSPS) is 18.0. The predicted molar refractivity (Wildman–Crippen MR) is 95.2 cm³/mol. The Balaban J connectivity index is 1.45. The van der Waals surface area contributed by atoms with E-state index in [0.29, 0.717) is 32.7 Å². The first kappa shape index (κ1) is 16.6. The van der Waals surface area contributed by atoms with E-state index in [1.54, 1.807) is 11.8 Å². The molecule has 2 aliphatic heterocycles. The van der Waals surface area contributed by atoms with Gasteiger partial charge in [-0.25, -0.2) is 0 Å². The van der Waals surface area contributed by atoms with Crippen LogP contribution in [-0.4, -0.2) is 67.4 Å². The monoisotopic (exact) mass is 330 g/mol. The Morgan fingerprint density at radius 2 is 1.50 bits per heavy atom. The standard InChI is InChI=1S/C18H26N4O2/c1-15(23)20-10-12-22(13-11-20)18(24)14-19-16-4-6-17(7-5-16)21-8-2-3-9-21/h4-7,19H,2-3,8-14H2,1H3. The van der Waals surface area contributed by atoms with Crippen molar-refractivity contribution in [1.29, 1.82) is 0 Å². The molecule has 0 atom stereocenters. The number of nitrogens with zero attached hydrogens (tertiary/aromatic N) is 3. The molecule has 2 heterocycles. The number of hydrogen-bond acceptors (Lipinski definition) is 4. The van der Waals surface area contributed by atoms with E-state index < -0.39 is 0 Å². The van der Waals surface area contributed by atoms with Crippen molar-refractivity contribution < 1.29 is 9.59 Å². The number of carbonyl (C=O) groups excluding carboxylic acids is 2. The molecular weight excluding hydrogens is 304 g/mol. The maximum absolute atomic E-state index is 12.3. The van der Waals surface area contributed by atoms with Crippen molar-refractivity contribution in [3.8, 4) is 0 Å². The second-order valence-electron chi connectivity index (χ2n) is 6.48. The van der Waals surface area contributed by atoms with Crippen molar-refractivity contribution in [2.75, 3.05) is 56.0 Å². The van der Waals surface area contributed by atoms with E-state index in [0.717, 1.165) is 18.8 Å². The van der Waals surface area contributed by atoms with Crippen LogP contribution in [0, 0.1) is 0 Å². The Morgan fingerprint density at radius 3 is 2.08 bits per heavy atom. The van der Waals surface area contributed by atoms with Crippen molar-refractivity contribution in [2.45, 2.75) is 19.8 Å². The second-order valence-corrected chi connectivity index (χ2v) is 6.48. The Kier molecular flexibility index (Phi) is 5.23. The van der Waals surface area contributed by atoms with Gasteiger partial charge in [-0.05, 0) is 37.1 Å². The van der Waals surface area contributed by atoms with E-state index in [1.807, 2.05) is 17.0 Å². The van der Waals surface area contributed by atoms with Crippen LogP contribution in [0.4, 0.5) is 11.4 Å². The largest absolute Gasteiger partial charge is 0.376 e. The number of anilines is 2. The Bertz CT molecular complexity index is 573. The fraction of sp³-hybridized carbons (Fsp3) is 0.556. The van der Waals surface area contributed by atoms with Crippen LogP contribution in [-0.2, 0) is 9.59 Å². The third-order valence-electron chi connectivity index (χ3n) is 4.86. The summed E-state index contributed by atoms with van der Waals surface area (Å²) in [6, 6.07) is 8.30. The van der Waals surface area contributed by atoms with Crippen LogP contribution in [0.3, 0.4) is 0 Å². The zero-order valence-corrected chi connectivity index (χ0v) is 14.3. The minimum Gasteiger partial charge on any atom is -0.376 e. The Hall–Kier alpha value is -2.24. The van der Waals surface area contributed by atoms with Gasteiger partial charge in [-0.3, -0.25) is 9.59 Å². The third kappa shape index (κ3) is 3.99. The Morgan fingerprint density at radius 1 is 0.917 bits per heavy atom. The molecule has 1 N–H and O–H groups in total. The molecule has 6 nitrogen and oxygen atoms in total. The van der Waals surface area contributed by atoms with E-state index in [9.17, 15) is 9.59 Å². The fourth-order valence-corrected chi connectivity index (χ4v) is 3.33.